The number of hydrogen-bond donors (Lipinski definition) is 0. The van der Waals surface area contributed by atoms with Crippen molar-refractivity contribution in [1.82, 2.24) is 14.5 Å². The van der Waals surface area contributed by atoms with Crippen LogP contribution in [0.3, 0.4) is 0 Å². The molecule has 11 rings (SSSR count). The van der Waals surface area contributed by atoms with Crippen LogP contribution in [-0.4, -0.2) is 14.5 Å². The molecule has 0 spiro atoms. The van der Waals surface area contributed by atoms with Crippen molar-refractivity contribution in [2.75, 3.05) is 0 Å². The lowest BCUT2D eigenvalue weighted by Gasteiger charge is -2.19. The maximum Gasteiger partial charge on any atom is 0.308 e. The van der Waals surface area contributed by atoms with E-state index >= 15 is 0 Å². The van der Waals surface area contributed by atoms with Crippen LogP contribution in [-0.2, 0) is 0 Å². The number of aryl methyl sites for hydroxylation is 1. The van der Waals surface area contributed by atoms with E-state index in [1.54, 1.807) is 0 Å². The minimum Gasteiger partial charge on any atom is -0.455 e. The number of hydrogen-bond acceptors (Lipinski definition) is 3. The normalized spacial score (nSPS) is 12.0. The smallest absolute Gasteiger partial charge is 0.308 e. The Bertz CT molecular complexity index is 3030. The standard InChI is InChI=1S/C46H29N4O/c1-28-25-37-33-24-23-31(32-19-12-20-35-34-17-9-11-22-42(34)51-43(32)35)26-40(33)49-38-21-10-8-18-36(38)46-48-44(29-13-4-2-5-14-29)47-45(30-15-6-3-7-16-30)50(46)39(28)27-41(37)49/h2-27H,1H3/q+1. The molecule has 0 atom stereocenters. The zero-order valence-electron chi connectivity index (χ0n) is 27.7. The SMILES string of the molecule is Cc1cc2c3ccc(-c4cccc5c4oc4ccccc45)cc3n3c2cc1-[n+]1c(-c2ccccc2)nc(-c2ccccc2)nc1-c1ccccc1-3. The molecule has 1 aliphatic rings. The summed E-state index contributed by atoms with van der Waals surface area (Å²) >= 11 is 0. The minimum absolute atomic E-state index is 0.689. The number of aromatic nitrogens is 4. The van der Waals surface area contributed by atoms with Crippen molar-refractivity contribution in [2.24, 2.45) is 0 Å². The van der Waals surface area contributed by atoms with E-state index in [-0.39, 0.29) is 0 Å². The second-order valence-corrected chi connectivity index (χ2v) is 13.3. The third-order valence-electron chi connectivity index (χ3n) is 10.3. The van der Waals surface area contributed by atoms with Gasteiger partial charge in [-0.2, -0.15) is 4.57 Å². The number of para-hydroxylation sites is 3. The lowest BCUT2D eigenvalue weighted by Crippen LogP contribution is -2.40. The zero-order valence-corrected chi connectivity index (χ0v) is 27.7. The first-order valence-corrected chi connectivity index (χ1v) is 17.3. The summed E-state index contributed by atoms with van der Waals surface area (Å²) in [5, 5.41) is 4.67. The molecule has 7 aromatic carbocycles. The maximum atomic E-state index is 6.49. The van der Waals surface area contributed by atoms with E-state index in [4.69, 9.17) is 14.4 Å². The van der Waals surface area contributed by atoms with Crippen LogP contribution in [0.25, 0.3) is 100 Å². The highest BCUT2D eigenvalue weighted by Crippen LogP contribution is 2.42. The molecule has 0 N–H and O–H groups in total. The van der Waals surface area contributed by atoms with Gasteiger partial charge in [0.25, 0.3) is 11.6 Å². The molecule has 238 valence electrons. The lowest BCUT2D eigenvalue weighted by atomic mass is 10.0. The van der Waals surface area contributed by atoms with Crippen LogP contribution in [0.5, 0.6) is 0 Å². The Hall–Kier alpha value is -6.85. The van der Waals surface area contributed by atoms with Gasteiger partial charge in [-0.25, -0.2) is 0 Å². The Balaban J connectivity index is 1.24. The lowest BCUT2D eigenvalue weighted by molar-refractivity contribution is -0.578. The quantitative estimate of drug-likeness (QED) is 0.178. The topological polar surface area (TPSA) is 47.7 Å². The van der Waals surface area contributed by atoms with Gasteiger partial charge in [0.2, 0.25) is 0 Å². The van der Waals surface area contributed by atoms with E-state index in [0.717, 1.165) is 89.4 Å². The zero-order chi connectivity index (χ0) is 33.6. The van der Waals surface area contributed by atoms with E-state index in [0.29, 0.717) is 5.82 Å². The van der Waals surface area contributed by atoms with Crippen LogP contribution >= 0.6 is 0 Å². The van der Waals surface area contributed by atoms with Crippen molar-refractivity contribution in [3.05, 3.63) is 163 Å². The van der Waals surface area contributed by atoms with Gasteiger partial charge in [0.05, 0.1) is 33.4 Å². The van der Waals surface area contributed by atoms with E-state index < -0.39 is 0 Å². The molecular formula is C46H29N4O+. The van der Waals surface area contributed by atoms with Gasteiger partial charge in [0.1, 0.15) is 16.9 Å². The molecule has 5 heteroatoms. The fourth-order valence-corrected chi connectivity index (χ4v) is 7.99. The molecule has 2 bridgehead atoms. The highest BCUT2D eigenvalue weighted by molar-refractivity contribution is 6.13. The predicted octanol–water partition coefficient (Wildman–Crippen LogP) is 11.0. The monoisotopic (exact) mass is 653 g/mol. The summed E-state index contributed by atoms with van der Waals surface area (Å²) in [6.45, 7) is 2.19. The molecule has 5 nitrogen and oxygen atoms in total. The maximum absolute atomic E-state index is 6.49. The van der Waals surface area contributed by atoms with Gasteiger partial charge >= 0.3 is 5.82 Å². The van der Waals surface area contributed by atoms with Gasteiger partial charge in [-0.05, 0) is 72.6 Å². The number of fused-ring (bicyclic) bond motifs is 12. The van der Waals surface area contributed by atoms with Crippen molar-refractivity contribution in [3.8, 4) is 56.7 Å². The van der Waals surface area contributed by atoms with Crippen molar-refractivity contribution >= 4 is 43.7 Å². The Morgan fingerprint density at radius 3 is 2.06 bits per heavy atom. The number of nitrogens with zero attached hydrogens (tertiary/aromatic N) is 4. The summed E-state index contributed by atoms with van der Waals surface area (Å²) in [5.41, 5.74) is 12.6. The fourth-order valence-electron chi connectivity index (χ4n) is 7.99. The van der Waals surface area contributed by atoms with Crippen LogP contribution in [0, 0.1) is 6.92 Å². The highest BCUT2D eigenvalue weighted by Gasteiger charge is 2.32. The van der Waals surface area contributed by atoms with Crippen molar-refractivity contribution in [1.29, 1.82) is 0 Å². The number of rotatable bonds is 3. The molecular weight excluding hydrogens is 625 g/mol. The largest absolute Gasteiger partial charge is 0.455 e. The van der Waals surface area contributed by atoms with Crippen molar-refractivity contribution in [3.63, 3.8) is 0 Å². The predicted molar refractivity (Wildman–Crippen MR) is 205 cm³/mol. The summed E-state index contributed by atoms with van der Waals surface area (Å²) in [7, 11) is 0. The summed E-state index contributed by atoms with van der Waals surface area (Å²) in [4.78, 5) is 10.7. The number of benzene rings is 7. The van der Waals surface area contributed by atoms with Gasteiger partial charge in [-0.3, -0.25) is 0 Å². The van der Waals surface area contributed by atoms with E-state index in [9.17, 15) is 0 Å². The molecule has 0 aliphatic carbocycles. The molecule has 0 fully saturated rings. The Morgan fingerprint density at radius 2 is 1.20 bits per heavy atom. The molecule has 0 saturated carbocycles. The number of furan rings is 1. The average molecular weight is 654 g/mol. The summed E-state index contributed by atoms with van der Waals surface area (Å²) < 4.78 is 11.2. The highest BCUT2D eigenvalue weighted by atomic mass is 16.3. The van der Waals surface area contributed by atoms with E-state index in [1.807, 2.05) is 36.4 Å². The summed E-state index contributed by atoms with van der Waals surface area (Å²) in [6, 6.07) is 55.5. The first-order chi connectivity index (χ1) is 25.2. The van der Waals surface area contributed by atoms with Crippen LogP contribution in [0.4, 0.5) is 0 Å². The van der Waals surface area contributed by atoms with Crippen molar-refractivity contribution in [2.45, 2.75) is 6.92 Å². The van der Waals surface area contributed by atoms with Gasteiger partial charge in [0, 0.05) is 33.2 Å². The van der Waals surface area contributed by atoms with Crippen LogP contribution in [0.2, 0.25) is 0 Å². The van der Waals surface area contributed by atoms with Crippen LogP contribution in [0.15, 0.2) is 162 Å². The molecule has 1 aliphatic heterocycles. The second-order valence-electron chi connectivity index (χ2n) is 13.3. The van der Waals surface area contributed by atoms with Crippen LogP contribution in [0.1, 0.15) is 5.56 Å². The fraction of sp³-hybridized carbons (Fsp3) is 0.0217. The van der Waals surface area contributed by atoms with Crippen molar-refractivity contribution < 1.29 is 8.98 Å². The average Bonchev–Trinajstić information content (AvgIpc) is 3.72. The Labute approximate surface area is 293 Å². The molecule has 3 aromatic heterocycles. The molecule has 10 aromatic rings. The van der Waals surface area contributed by atoms with Gasteiger partial charge < -0.3 is 8.98 Å². The van der Waals surface area contributed by atoms with Gasteiger partial charge in [-0.1, -0.05) is 107 Å². The summed E-state index contributed by atoms with van der Waals surface area (Å²) in [6.07, 6.45) is 0. The minimum atomic E-state index is 0.689. The molecule has 0 amide bonds. The van der Waals surface area contributed by atoms with Gasteiger partial charge in [0.15, 0.2) is 0 Å². The van der Waals surface area contributed by atoms with E-state index in [1.165, 1.54) is 10.8 Å². The van der Waals surface area contributed by atoms with Crippen LogP contribution < -0.4 is 4.57 Å². The second kappa shape index (κ2) is 10.6. The first-order valence-electron chi connectivity index (χ1n) is 17.3. The first kappa shape index (κ1) is 28.0. The molecule has 4 heterocycles. The third kappa shape index (κ3) is 4.06. The van der Waals surface area contributed by atoms with E-state index in [2.05, 4.69) is 137 Å². The molecule has 0 radical (unpaired) electrons. The summed E-state index contributed by atoms with van der Waals surface area (Å²) in [5.74, 6) is 2.38. The van der Waals surface area contributed by atoms with Gasteiger partial charge in [-0.15, -0.1) is 0 Å². The molecule has 0 saturated heterocycles. The Kier molecular flexibility index (Phi) is 5.81. The molecule has 0 unspecified atom stereocenters. The third-order valence-corrected chi connectivity index (χ3v) is 10.3. The molecule has 51 heavy (non-hydrogen) atoms. The Morgan fingerprint density at radius 1 is 0.510 bits per heavy atom.